The lowest BCUT2D eigenvalue weighted by atomic mass is 10.3. The Kier molecular flexibility index (Phi) is 4.88. The van der Waals surface area contributed by atoms with Crippen LogP contribution in [-0.4, -0.2) is 37.8 Å². The molecule has 4 rings (SSSR count). The zero-order valence-electron chi connectivity index (χ0n) is 14.6. The van der Waals surface area contributed by atoms with Crippen LogP contribution in [0.5, 0.6) is 5.75 Å². The summed E-state index contributed by atoms with van der Waals surface area (Å²) in [6, 6.07) is 15.1. The van der Waals surface area contributed by atoms with Crippen LogP contribution in [0.3, 0.4) is 0 Å². The Morgan fingerprint density at radius 3 is 2.81 bits per heavy atom. The number of fused-ring (bicyclic) bond motifs is 3. The lowest BCUT2D eigenvalue weighted by Gasteiger charge is -2.08. The number of para-hydroxylation sites is 2. The van der Waals surface area contributed by atoms with E-state index in [1.54, 1.807) is 6.33 Å². The molecule has 0 saturated heterocycles. The van der Waals surface area contributed by atoms with E-state index >= 15 is 0 Å². The van der Waals surface area contributed by atoms with Crippen LogP contribution in [0.25, 0.3) is 16.7 Å². The van der Waals surface area contributed by atoms with Crippen molar-refractivity contribution in [1.82, 2.24) is 19.6 Å². The average Bonchev–Trinajstić information content (AvgIpc) is 3.18. The van der Waals surface area contributed by atoms with Gasteiger partial charge in [-0.25, -0.2) is 4.98 Å². The van der Waals surface area contributed by atoms with E-state index in [4.69, 9.17) is 4.74 Å². The number of carbonyl (C=O) groups is 1. The summed E-state index contributed by atoms with van der Waals surface area (Å²) in [5.74, 6) is 0.886. The van der Waals surface area contributed by atoms with E-state index in [1.807, 2.05) is 59.9 Å². The van der Waals surface area contributed by atoms with Crippen molar-refractivity contribution in [2.45, 2.75) is 11.9 Å². The first-order valence-electron chi connectivity index (χ1n) is 8.48. The number of hydrogen-bond donors (Lipinski definition) is 1. The van der Waals surface area contributed by atoms with E-state index in [9.17, 15) is 4.79 Å². The molecule has 0 spiro atoms. The third kappa shape index (κ3) is 3.70. The highest BCUT2D eigenvalue weighted by Crippen LogP contribution is 2.24. The van der Waals surface area contributed by atoms with Crippen LogP contribution in [-0.2, 0) is 4.79 Å². The Morgan fingerprint density at radius 2 is 2.00 bits per heavy atom. The number of rotatable bonds is 6. The molecule has 27 heavy (non-hydrogen) atoms. The molecule has 0 radical (unpaired) electrons. The van der Waals surface area contributed by atoms with Crippen molar-refractivity contribution >= 4 is 40.0 Å². The molecule has 1 amide bonds. The zero-order valence-corrected chi connectivity index (χ0v) is 15.4. The predicted molar refractivity (Wildman–Crippen MR) is 105 cm³/mol. The van der Waals surface area contributed by atoms with Gasteiger partial charge in [0, 0.05) is 5.69 Å². The molecule has 1 N–H and O–H groups in total. The van der Waals surface area contributed by atoms with Gasteiger partial charge in [-0.15, -0.1) is 10.2 Å². The number of anilines is 1. The maximum absolute atomic E-state index is 12.3. The number of benzene rings is 2. The summed E-state index contributed by atoms with van der Waals surface area (Å²) < 4.78 is 7.28. The van der Waals surface area contributed by atoms with Gasteiger partial charge in [-0.3, -0.25) is 9.20 Å². The third-order valence-electron chi connectivity index (χ3n) is 3.89. The fourth-order valence-corrected chi connectivity index (χ4v) is 3.48. The monoisotopic (exact) mass is 379 g/mol. The summed E-state index contributed by atoms with van der Waals surface area (Å²) in [5.41, 5.74) is 3.13. The highest BCUT2D eigenvalue weighted by atomic mass is 32.2. The number of aromatic nitrogens is 4. The van der Waals surface area contributed by atoms with Gasteiger partial charge in [0.15, 0.2) is 5.65 Å². The van der Waals surface area contributed by atoms with Gasteiger partial charge in [0.05, 0.1) is 23.4 Å². The van der Waals surface area contributed by atoms with Crippen molar-refractivity contribution in [2.24, 2.45) is 0 Å². The van der Waals surface area contributed by atoms with Crippen LogP contribution >= 0.6 is 11.8 Å². The Morgan fingerprint density at radius 1 is 1.19 bits per heavy atom. The van der Waals surface area contributed by atoms with Crippen molar-refractivity contribution in [2.75, 3.05) is 17.7 Å². The van der Waals surface area contributed by atoms with Gasteiger partial charge in [-0.2, -0.15) is 0 Å². The molecule has 7 nitrogen and oxygen atoms in total. The lowest BCUT2D eigenvalue weighted by molar-refractivity contribution is -0.113. The fourth-order valence-electron chi connectivity index (χ4n) is 2.71. The van der Waals surface area contributed by atoms with Gasteiger partial charge < -0.3 is 10.1 Å². The Labute approximate surface area is 159 Å². The van der Waals surface area contributed by atoms with E-state index in [0.29, 0.717) is 17.3 Å². The van der Waals surface area contributed by atoms with E-state index in [0.717, 1.165) is 22.5 Å². The first-order chi connectivity index (χ1) is 13.2. The molecule has 0 atom stereocenters. The minimum Gasteiger partial charge on any atom is -0.494 e. The SMILES string of the molecule is CCOc1ccc(NC(=O)CSc2nc3ccccc3n3cnnc23)cc1. The summed E-state index contributed by atoms with van der Waals surface area (Å²) in [5, 5.41) is 11.7. The summed E-state index contributed by atoms with van der Waals surface area (Å²) in [4.78, 5) is 16.9. The normalized spacial score (nSPS) is 11.0. The fraction of sp³-hybridized carbons (Fsp3) is 0.158. The minimum absolute atomic E-state index is 0.114. The minimum atomic E-state index is -0.114. The number of thioether (sulfide) groups is 1. The average molecular weight is 379 g/mol. The van der Waals surface area contributed by atoms with E-state index in [1.165, 1.54) is 11.8 Å². The second kappa shape index (κ2) is 7.63. The summed E-state index contributed by atoms with van der Waals surface area (Å²) in [6.07, 6.45) is 1.66. The molecule has 0 saturated carbocycles. The molecule has 0 fully saturated rings. The molecule has 2 heterocycles. The maximum Gasteiger partial charge on any atom is 0.234 e. The van der Waals surface area contributed by atoms with Crippen LogP contribution in [0.2, 0.25) is 0 Å². The molecule has 136 valence electrons. The quantitative estimate of drug-likeness (QED) is 0.517. The number of carbonyl (C=O) groups excluding carboxylic acids is 1. The van der Waals surface area contributed by atoms with Crippen molar-refractivity contribution in [3.63, 3.8) is 0 Å². The number of hydrogen-bond acceptors (Lipinski definition) is 6. The number of ether oxygens (including phenoxy) is 1. The lowest BCUT2D eigenvalue weighted by Crippen LogP contribution is -2.14. The molecule has 4 aromatic rings. The van der Waals surface area contributed by atoms with Gasteiger partial charge in [-0.05, 0) is 43.3 Å². The topological polar surface area (TPSA) is 81.4 Å². The summed E-state index contributed by atoms with van der Waals surface area (Å²) >= 11 is 1.34. The smallest absolute Gasteiger partial charge is 0.234 e. The number of nitrogens with one attached hydrogen (secondary N) is 1. The largest absolute Gasteiger partial charge is 0.494 e. The Bertz CT molecular complexity index is 1090. The Balaban J connectivity index is 1.47. The van der Waals surface area contributed by atoms with Crippen molar-refractivity contribution in [3.8, 4) is 5.75 Å². The molecule has 0 bridgehead atoms. The molecule has 8 heteroatoms. The molecule has 2 aromatic heterocycles. The van der Waals surface area contributed by atoms with E-state index < -0.39 is 0 Å². The predicted octanol–water partition coefficient (Wildman–Crippen LogP) is 3.41. The molecule has 0 aliphatic heterocycles. The first kappa shape index (κ1) is 17.3. The summed E-state index contributed by atoms with van der Waals surface area (Å²) in [7, 11) is 0. The Hall–Kier alpha value is -3.13. The van der Waals surface area contributed by atoms with Crippen molar-refractivity contribution in [3.05, 3.63) is 54.9 Å². The van der Waals surface area contributed by atoms with Gasteiger partial charge >= 0.3 is 0 Å². The number of nitrogens with zero attached hydrogens (tertiary/aromatic N) is 4. The van der Waals surface area contributed by atoms with Gasteiger partial charge in [0.2, 0.25) is 5.91 Å². The van der Waals surface area contributed by atoms with Crippen LogP contribution in [0.1, 0.15) is 6.92 Å². The molecule has 2 aromatic carbocycles. The molecule has 0 unspecified atom stereocenters. The van der Waals surface area contributed by atoms with Crippen LogP contribution in [0.15, 0.2) is 59.9 Å². The third-order valence-corrected chi connectivity index (χ3v) is 4.85. The number of amides is 1. The van der Waals surface area contributed by atoms with Gasteiger partial charge in [-0.1, -0.05) is 23.9 Å². The standard InChI is InChI=1S/C19H17N5O2S/c1-2-26-14-9-7-13(8-10-14)21-17(25)11-27-19-18-23-20-12-24(18)16-6-4-3-5-15(16)22-19/h3-10,12H,2,11H2,1H3,(H,21,25). The molecule has 0 aliphatic carbocycles. The highest BCUT2D eigenvalue weighted by molar-refractivity contribution is 8.00. The van der Waals surface area contributed by atoms with Crippen molar-refractivity contribution in [1.29, 1.82) is 0 Å². The van der Waals surface area contributed by atoms with Crippen LogP contribution in [0, 0.1) is 0 Å². The molecular formula is C19H17N5O2S. The maximum atomic E-state index is 12.3. The van der Waals surface area contributed by atoms with Gasteiger partial charge in [0.1, 0.15) is 17.1 Å². The summed E-state index contributed by atoms with van der Waals surface area (Å²) in [6.45, 7) is 2.54. The second-order valence-corrected chi connectivity index (χ2v) is 6.69. The second-order valence-electron chi connectivity index (χ2n) is 5.72. The zero-order chi connectivity index (χ0) is 18.6. The molecule has 0 aliphatic rings. The van der Waals surface area contributed by atoms with E-state index in [2.05, 4.69) is 20.5 Å². The van der Waals surface area contributed by atoms with Crippen LogP contribution in [0.4, 0.5) is 5.69 Å². The van der Waals surface area contributed by atoms with Gasteiger partial charge in [0.25, 0.3) is 0 Å². The first-order valence-corrected chi connectivity index (χ1v) is 9.47. The highest BCUT2D eigenvalue weighted by Gasteiger charge is 2.12. The van der Waals surface area contributed by atoms with Crippen LogP contribution < -0.4 is 10.1 Å². The van der Waals surface area contributed by atoms with E-state index in [-0.39, 0.29) is 11.7 Å². The molecular weight excluding hydrogens is 362 g/mol. The van der Waals surface area contributed by atoms with Crippen molar-refractivity contribution < 1.29 is 9.53 Å².